The molecule has 1 aromatic carbocycles. The molecule has 0 aliphatic carbocycles. The fourth-order valence-corrected chi connectivity index (χ4v) is 2.55. The maximum Gasteiger partial charge on any atom is 0.109 e. The topological polar surface area (TPSA) is 29.9 Å². The fourth-order valence-electron chi connectivity index (χ4n) is 2.55. The quantitative estimate of drug-likeness (QED) is 0.799. The average Bonchev–Trinajstić information content (AvgIpc) is 2.92. The van der Waals surface area contributed by atoms with Crippen molar-refractivity contribution >= 4 is 0 Å². The summed E-state index contributed by atoms with van der Waals surface area (Å²) in [5.74, 6) is 1.67. The van der Waals surface area contributed by atoms with E-state index in [4.69, 9.17) is 0 Å². The number of aromatic nitrogens is 2. The number of aryl methyl sites for hydroxylation is 1. The molecule has 0 saturated heterocycles. The van der Waals surface area contributed by atoms with E-state index < -0.39 is 0 Å². The molecule has 0 amide bonds. The van der Waals surface area contributed by atoms with Crippen molar-refractivity contribution in [1.82, 2.24) is 14.9 Å². The predicted molar refractivity (Wildman–Crippen MR) is 83.9 cm³/mol. The normalized spacial score (nSPS) is 12.5. The molecule has 20 heavy (non-hydrogen) atoms. The van der Waals surface area contributed by atoms with Crippen LogP contribution in [0.2, 0.25) is 0 Å². The Morgan fingerprint density at radius 3 is 2.70 bits per heavy atom. The summed E-state index contributed by atoms with van der Waals surface area (Å²) in [7, 11) is 0. The van der Waals surface area contributed by atoms with Crippen molar-refractivity contribution < 1.29 is 0 Å². The second-order valence-corrected chi connectivity index (χ2v) is 5.16. The zero-order chi connectivity index (χ0) is 14.2. The van der Waals surface area contributed by atoms with E-state index in [2.05, 4.69) is 65.2 Å². The number of benzene rings is 1. The molecule has 3 nitrogen and oxygen atoms in total. The van der Waals surface area contributed by atoms with Crippen LogP contribution in [0, 0.1) is 0 Å². The molecule has 0 radical (unpaired) electrons. The van der Waals surface area contributed by atoms with Crippen LogP contribution >= 0.6 is 0 Å². The van der Waals surface area contributed by atoms with Crippen LogP contribution in [0.4, 0.5) is 0 Å². The molecule has 0 spiro atoms. The van der Waals surface area contributed by atoms with E-state index in [-0.39, 0.29) is 0 Å². The minimum atomic E-state index is 0.481. The third-order valence-corrected chi connectivity index (χ3v) is 3.61. The lowest BCUT2D eigenvalue weighted by Crippen LogP contribution is -2.23. The van der Waals surface area contributed by atoms with Crippen molar-refractivity contribution in [2.75, 3.05) is 13.1 Å². The van der Waals surface area contributed by atoms with Gasteiger partial charge in [-0.2, -0.15) is 0 Å². The summed E-state index contributed by atoms with van der Waals surface area (Å²) in [5.41, 5.74) is 1.39. The summed E-state index contributed by atoms with van der Waals surface area (Å²) in [4.78, 5) is 4.54. The van der Waals surface area contributed by atoms with Crippen molar-refractivity contribution in [1.29, 1.82) is 0 Å². The highest BCUT2D eigenvalue weighted by Gasteiger charge is 2.14. The minimum Gasteiger partial charge on any atom is -0.335 e. The van der Waals surface area contributed by atoms with Crippen LogP contribution < -0.4 is 5.32 Å². The van der Waals surface area contributed by atoms with Crippen LogP contribution in [0.25, 0.3) is 0 Å². The third-order valence-electron chi connectivity index (χ3n) is 3.61. The number of rotatable bonds is 8. The van der Waals surface area contributed by atoms with Gasteiger partial charge in [-0.3, -0.25) is 0 Å². The highest BCUT2D eigenvalue weighted by Crippen LogP contribution is 2.19. The van der Waals surface area contributed by atoms with Crippen LogP contribution in [-0.4, -0.2) is 22.6 Å². The molecular weight excluding hydrogens is 246 g/mol. The maximum absolute atomic E-state index is 4.54. The molecule has 2 aromatic rings. The first-order valence-corrected chi connectivity index (χ1v) is 7.60. The summed E-state index contributed by atoms with van der Waals surface area (Å²) in [6.07, 6.45) is 6.14. The summed E-state index contributed by atoms with van der Waals surface area (Å²) >= 11 is 0. The fraction of sp³-hybridized carbons (Fsp3) is 0.471. The van der Waals surface area contributed by atoms with E-state index in [0.717, 1.165) is 32.5 Å². The average molecular weight is 271 g/mol. The lowest BCUT2D eigenvalue weighted by molar-refractivity contribution is 0.553. The highest BCUT2D eigenvalue weighted by molar-refractivity contribution is 5.21. The number of hydrogen-bond acceptors (Lipinski definition) is 2. The van der Waals surface area contributed by atoms with Crippen LogP contribution in [0.15, 0.2) is 42.7 Å². The van der Waals surface area contributed by atoms with Crippen LogP contribution in [0.5, 0.6) is 0 Å². The van der Waals surface area contributed by atoms with Gasteiger partial charge in [-0.05, 0) is 18.5 Å². The van der Waals surface area contributed by atoms with Gasteiger partial charge in [-0.15, -0.1) is 0 Å². The first-order valence-electron chi connectivity index (χ1n) is 7.60. The molecule has 0 bridgehead atoms. The molecule has 3 heteroatoms. The van der Waals surface area contributed by atoms with Crippen molar-refractivity contribution in [2.45, 2.75) is 39.2 Å². The van der Waals surface area contributed by atoms with E-state index in [0.29, 0.717) is 5.92 Å². The van der Waals surface area contributed by atoms with Crippen LogP contribution in [0.3, 0.4) is 0 Å². The Kier molecular flexibility index (Phi) is 5.81. The predicted octanol–water partition coefficient (Wildman–Crippen LogP) is 3.23. The Morgan fingerprint density at radius 2 is 2.00 bits per heavy atom. The van der Waals surface area contributed by atoms with Crippen LogP contribution in [-0.2, 0) is 13.0 Å². The van der Waals surface area contributed by atoms with Gasteiger partial charge in [-0.25, -0.2) is 4.98 Å². The van der Waals surface area contributed by atoms with Gasteiger partial charge in [0.2, 0.25) is 0 Å². The minimum absolute atomic E-state index is 0.481. The van der Waals surface area contributed by atoms with Crippen LogP contribution in [0.1, 0.15) is 37.6 Å². The molecular formula is C17H25N3. The van der Waals surface area contributed by atoms with Gasteiger partial charge in [-0.1, -0.05) is 44.2 Å². The summed E-state index contributed by atoms with van der Waals surface area (Å²) in [6.45, 7) is 7.42. The Balaban J connectivity index is 2.13. The second-order valence-electron chi connectivity index (χ2n) is 5.16. The summed E-state index contributed by atoms with van der Waals surface area (Å²) < 4.78 is 2.28. The number of imidazole rings is 1. The van der Waals surface area contributed by atoms with Crippen molar-refractivity contribution in [3.05, 3.63) is 54.1 Å². The molecule has 2 rings (SSSR count). The molecule has 108 valence electrons. The van der Waals surface area contributed by atoms with Gasteiger partial charge < -0.3 is 9.88 Å². The first-order chi connectivity index (χ1) is 9.85. The number of nitrogens with one attached hydrogen (secondary N) is 1. The zero-order valence-electron chi connectivity index (χ0n) is 12.5. The molecule has 0 fully saturated rings. The van der Waals surface area contributed by atoms with Gasteiger partial charge in [0.15, 0.2) is 0 Å². The third kappa shape index (κ3) is 3.94. The van der Waals surface area contributed by atoms with Gasteiger partial charge in [0, 0.05) is 37.8 Å². The Hall–Kier alpha value is -1.61. The largest absolute Gasteiger partial charge is 0.335 e. The second kappa shape index (κ2) is 7.85. The monoisotopic (exact) mass is 271 g/mol. The maximum atomic E-state index is 4.54. The van der Waals surface area contributed by atoms with Gasteiger partial charge >= 0.3 is 0 Å². The lowest BCUT2D eigenvalue weighted by Gasteiger charge is -2.18. The zero-order valence-corrected chi connectivity index (χ0v) is 12.5. The van der Waals surface area contributed by atoms with E-state index in [1.54, 1.807) is 0 Å². The van der Waals surface area contributed by atoms with Gasteiger partial charge in [0.1, 0.15) is 5.82 Å². The smallest absolute Gasteiger partial charge is 0.109 e. The first kappa shape index (κ1) is 14.8. The van der Waals surface area contributed by atoms with Gasteiger partial charge in [0.25, 0.3) is 0 Å². The molecule has 0 saturated carbocycles. The number of nitrogens with zero attached hydrogens (tertiary/aromatic N) is 2. The number of likely N-dealkylation sites (N-methyl/N-ethyl adjacent to an activating group) is 1. The van der Waals surface area contributed by atoms with Gasteiger partial charge in [0.05, 0.1) is 0 Å². The lowest BCUT2D eigenvalue weighted by atomic mass is 9.95. The van der Waals surface area contributed by atoms with Crippen molar-refractivity contribution in [2.24, 2.45) is 0 Å². The molecule has 0 aliphatic heterocycles. The molecule has 1 heterocycles. The van der Waals surface area contributed by atoms with E-state index >= 15 is 0 Å². The molecule has 1 N–H and O–H groups in total. The standard InChI is InChI=1S/C17H25N3/c1-3-11-20-12-10-19-17(20)13-16(14-18-4-2)15-8-6-5-7-9-15/h5-10,12,16,18H,3-4,11,13-14H2,1-2H3. The Labute approximate surface area is 122 Å². The molecule has 1 aromatic heterocycles. The molecule has 1 atom stereocenters. The SMILES string of the molecule is CCCn1ccnc1CC(CNCC)c1ccccc1. The van der Waals surface area contributed by atoms with E-state index in [9.17, 15) is 0 Å². The summed E-state index contributed by atoms with van der Waals surface area (Å²) in [6, 6.07) is 10.7. The Morgan fingerprint density at radius 1 is 1.20 bits per heavy atom. The highest BCUT2D eigenvalue weighted by atomic mass is 15.1. The van der Waals surface area contributed by atoms with Crippen molar-refractivity contribution in [3.63, 3.8) is 0 Å². The molecule has 1 unspecified atom stereocenters. The van der Waals surface area contributed by atoms with Crippen molar-refractivity contribution in [3.8, 4) is 0 Å². The van der Waals surface area contributed by atoms with E-state index in [1.807, 2.05) is 6.20 Å². The Bertz CT molecular complexity index is 490. The number of hydrogen-bond donors (Lipinski definition) is 1. The summed E-state index contributed by atoms with van der Waals surface area (Å²) in [5, 5.41) is 3.47. The van der Waals surface area contributed by atoms with E-state index in [1.165, 1.54) is 11.4 Å². The molecule has 0 aliphatic rings.